The van der Waals surface area contributed by atoms with Crippen molar-refractivity contribution < 1.29 is 46.0 Å². The SMILES string of the molecule is O=CNc1ccc(O)cc1.O=CNc1ccc(O)cc1.[Zr+2].c1cc[cH-]c1.c1cc[cH-]c1. The Kier molecular flexibility index (Phi) is 16.5. The van der Waals surface area contributed by atoms with Gasteiger partial charge in [0.2, 0.25) is 12.8 Å². The molecule has 0 atom stereocenters. The Balaban J connectivity index is 0.000000401. The van der Waals surface area contributed by atoms with Crippen LogP contribution in [0.1, 0.15) is 0 Å². The van der Waals surface area contributed by atoms with E-state index in [2.05, 4.69) is 10.6 Å². The molecule has 7 heteroatoms. The van der Waals surface area contributed by atoms with E-state index >= 15 is 0 Å². The van der Waals surface area contributed by atoms with Crippen LogP contribution >= 0.6 is 0 Å². The second kappa shape index (κ2) is 18.6. The van der Waals surface area contributed by atoms with Crippen molar-refractivity contribution in [2.75, 3.05) is 10.6 Å². The average Bonchev–Trinajstić information content (AvgIpc) is 3.52. The summed E-state index contributed by atoms with van der Waals surface area (Å²) in [4.78, 5) is 19.8. The molecule has 0 aliphatic carbocycles. The number of carbonyl (C=O) groups is 2. The van der Waals surface area contributed by atoms with Gasteiger partial charge in [0, 0.05) is 11.4 Å². The molecule has 0 radical (unpaired) electrons. The van der Waals surface area contributed by atoms with Gasteiger partial charge in [-0.15, -0.1) is 0 Å². The summed E-state index contributed by atoms with van der Waals surface area (Å²) in [5, 5.41) is 22.5. The Labute approximate surface area is 201 Å². The number of rotatable bonds is 4. The first kappa shape index (κ1) is 27.6. The molecule has 0 aliphatic heterocycles. The molecule has 0 saturated heterocycles. The van der Waals surface area contributed by atoms with E-state index in [1.807, 2.05) is 60.7 Å². The van der Waals surface area contributed by atoms with Crippen molar-refractivity contribution in [3.05, 3.63) is 109 Å². The monoisotopic (exact) mass is 494 g/mol. The zero-order chi connectivity index (χ0) is 21.9. The van der Waals surface area contributed by atoms with E-state index in [1.54, 1.807) is 24.3 Å². The molecule has 4 aromatic carbocycles. The van der Waals surface area contributed by atoms with Gasteiger partial charge in [-0.05, 0) is 48.5 Å². The number of aromatic hydroxyl groups is 2. The van der Waals surface area contributed by atoms with Crippen LogP contribution in [-0.2, 0) is 35.8 Å². The summed E-state index contributed by atoms with van der Waals surface area (Å²) >= 11 is 0. The van der Waals surface area contributed by atoms with Gasteiger partial charge in [0.25, 0.3) is 0 Å². The number of benzene rings is 2. The first-order chi connectivity index (χ1) is 14.7. The number of hydrogen-bond donors (Lipinski definition) is 4. The van der Waals surface area contributed by atoms with E-state index in [-0.39, 0.29) is 37.7 Å². The zero-order valence-electron chi connectivity index (χ0n) is 16.8. The zero-order valence-corrected chi connectivity index (χ0v) is 19.2. The summed E-state index contributed by atoms with van der Waals surface area (Å²) in [6.45, 7) is 0. The Bertz CT molecular complexity index is 780. The third-order valence-electron chi connectivity index (χ3n) is 3.30. The largest absolute Gasteiger partial charge is 2.00 e. The maximum absolute atomic E-state index is 9.89. The number of phenols is 2. The summed E-state index contributed by atoms with van der Waals surface area (Å²) in [7, 11) is 0. The Morgan fingerprint density at radius 2 is 0.871 bits per heavy atom. The fourth-order valence-electron chi connectivity index (χ4n) is 1.89. The van der Waals surface area contributed by atoms with Crippen LogP contribution < -0.4 is 10.6 Å². The second-order valence-electron chi connectivity index (χ2n) is 5.54. The first-order valence-corrected chi connectivity index (χ1v) is 8.97. The van der Waals surface area contributed by atoms with Gasteiger partial charge in [-0.3, -0.25) is 9.59 Å². The Hall–Kier alpha value is -3.44. The van der Waals surface area contributed by atoms with Gasteiger partial charge in [-0.25, -0.2) is 24.3 Å². The molecule has 0 heterocycles. The van der Waals surface area contributed by atoms with Crippen molar-refractivity contribution in [3.8, 4) is 11.5 Å². The quantitative estimate of drug-likeness (QED) is 0.187. The molecule has 0 unspecified atom stereocenters. The summed E-state index contributed by atoms with van der Waals surface area (Å²) in [6.07, 6.45) is 1.18. The van der Waals surface area contributed by atoms with Crippen molar-refractivity contribution in [2.24, 2.45) is 0 Å². The smallest absolute Gasteiger partial charge is 0.508 e. The molecule has 0 fully saturated rings. The standard InChI is InChI=1S/2C7H7NO2.2C5H5.Zr/c2*9-5-8-6-1-3-7(10)4-2-6;2*1-2-4-5-3-1;/h2*1-5,10H,(H,8,9);2*1-5H;/q;;2*-1;+2. The number of hydrogen-bond acceptors (Lipinski definition) is 4. The maximum Gasteiger partial charge on any atom is 2.00 e. The number of carbonyl (C=O) groups excluding carboxylic acids is 2. The molecule has 0 saturated carbocycles. The molecular weight excluding hydrogens is 471 g/mol. The van der Waals surface area contributed by atoms with Gasteiger partial charge < -0.3 is 20.8 Å². The van der Waals surface area contributed by atoms with Crippen LogP contribution in [0.3, 0.4) is 0 Å². The van der Waals surface area contributed by atoms with Crippen molar-refractivity contribution in [3.63, 3.8) is 0 Å². The minimum absolute atomic E-state index is 0. The summed E-state index contributed by atoms with van der Waals surface area (Å²) in [5.41, 5.74) is 1.35. The number of amides is 2. The van der Waals surface area contributed by atoms with Crippen LogP contribution in [0, 0.1) is 0 Å². The molecule has 0 aromatic heterocycles. The average molecular weight is 496 g/mol. The predicted octanol–water partition coefficient (Wildman–Crippen LogP) is 4.73. The van der Waals surface area contributed by atoms with Gasteiger partial charge in [-0.2, -0.15) is 36.4 Å². The third-order valence-corrected chi connectivity index (χ3v) is 3.30. The van der Waals surface area contributed by atoms with Crippen LogP contribution in [0.4, 0.5) is 11.4 Å². The molecule has 4 N–H and O–H groups in total. The van der Waals surface area contributed by atoms with Gasteiger partial charge in [0.15, 0.2) is 0 Å². The molecular formula is C24H24N2O4Zr. The van der Waals surface area contributed by atoms with E-state index in [0.29, 0.717) is 24.2 Å². The van der Waals surface area contributed by atoms with Crippen molar-refractivity contribution in [2.45, 2.75) is 0 Å². The van der Waals surface area contributed by atoms with E-state index in [1.165, 1.54) is 24.3 Å². The topological polar surface area (TPSA) is 98.7 Å². The van der Waals surface area contributed by atoms with Gasteiger partial charge >= 0.3 is 26.2 Å². The molecule has 31 heavy (non-hydrogen) atoms. The van der Waals surface area contributed by atoms with Crippen molar-refractivity contribution in [1.82, 2.24) is 0 Å². The minimum atomic E-state index is 0. The van der Waals surface area contributed by atoms with Gasteiger partial charge in [0.05, 0.1) is 0 Å². The normalized spacial score (nSPS) is 8.26. The van der Waals surface area contributed by atoms with E-state index < -0.39 is 0 Å². The number of anilines is 2. The second-order valence-corrected chi connectivity index (χ2v) is 5.54. The molecule has 6 nitrogen and oxygen atoms in total. The molecule has 4 rings (SSSR count). The molecule has 0 aliphatic rings. The van der Waals surface area contributed by atoms with E-state index in [4.69, 9.17) is 10.2 Å². The molecule has 2 amide bonds. The number of nitrogens with one attached hydrogen (secondary N) is 2. The molecule has 158 valence electrons. The van der Waals surface area contributed by atoms with Crippen LogP contribution in [0.2, 0.25) is 0 Å². The minimum Gasteiger partial charge on any atom is -0.508 e. The fourth-order valence-corrected chi connectivity index (χ4v) is 1.89. The van der Waals surface area contributed by atoms with E-state index in [0.717, 1.165) is 0 Å². The summed E-state index contributed by atoms with van der Waals surface area (Å²) in [6, 6.07) is 32.5. The fraction of sp³-hybridized carbons (Fsp3) is 0. The predicted molar refractivity (Wildman–Crippen MR) is 120 cm³/mol. The maximum atomic E-state index is 9.89. The summed E-state index contributed by atoms with van der Waals surface area (Å²) < 4.78 is 0. The van der Waals surface area contributed by atoms with Gasteiger partial charge in [-0.1, -0.05) is 0 Å². The van der Waals surface area contributed by atoms with Gasteiger partial charge in [0.1, 0.15) is 11.5 Å². The molecule has 4 aromatic rings. The van der Waals surface area contributed by atoms with Crippen molar-refractivity contribution >= 4 is 24.2 Å². The Morgan fingerprint density at radius 1 is 0.581 bits per heavy atom. The third kappa shape index (κ3) is 15.1. The van der Waals surface area contributed by atoms with Crippen LogP contribution in [0.5, 0.6) is 11.5 Å². The first-order valence-electron chi connectivity index (χ1n) is 8.97. The molecule has 0 bridgehead atoms. The molecule has 0 spiro atoms. The van der Waals surface area contributed by atoms with Crippen LogP contribution in [0.25, 0.3) is 0 Å². The van der Waals surface area contributed by atoms with Crippen LogP contribution in [-0.4, -0.2) is 23.0 Å². The summed E-state index contributed by atoms with van der Waals surface area (Å²) in [5.74, 6) is 0.382. The number of phenolic OH excluding ortho intramolecular Hbond substituents is 2. The van der Waals surface area contributed by atoms with Crippen molar-refractivity contribution in [1.29, 1.82) is 0 Å². The van der Waals surface area contributed by atoms with E-state index in [9.17, 15) is 9.59 Å². The Morgan fingerprint density at radius 3 is 1.06 bits per heavy atom. The van der Waals surface area contributed by atoms with Crippen LogP contribution in [0.15, 0.2) is 109 Å².